The number of ether oxygens (including phenoxy) is 2. The monoisotopic (exact) mass is 719 g/mol. The number of aromatic nitrogens is 1. The van der Waals surface area contributed by atoms with E-state index in [1.54, 1.807) is 6.92 Å². The normalized spacial score (nSPS) is 26.6. The van der Waals surface area contributed by atoms with E-state index in [-0.39, 0.29) is 52.3 Å². The van der Waals surface area contributed by atoms with Crippen LogP contribution < -0.4 is 10.7 Å². The first-order valence-corrected chi connectivity index (χ1v) is 16.1. The van der Waals surface area contributed by atoms with Crippen molar-refractivity contribution in [2.24, 2.45) is 4.99 Å². The van der Waals surface area contributed by atoms with Gasteiger partial charge in [-0.1, -0.05) is 17.7 Å². The fraction of sp³-hybridized carbons (Fsp3) is 0.406. The summed E-state index contributed by atoms with van der Waals surface area (Å²) in [5.74, 6) is -2.38. The van der Waals surface area contributed by atoms with Crippen LogP contribution in [-0.2, 0) is 25.2 Å². The van der Waals surface area contributed by atoms with Crippen molar-refractivity contribution >= 4 is 41.0 Å². The number of benzene rings is 1. The molecule has 0 bridgehead atoms. The third-order valence-electron chi connectivity index (χ3n) is 9.23. The zero-order valence-electron chi connectivity index (χ0n) is 26.3. The highest BCUT2D eigenvalue weighted by Gasteiger charge is 2.62. The van der Waals surface area contributed by atoms with Gasteiger partial charge in [-0.05, 0) is 49.2 Å². The van der Waals surface area contributed by atoms with Crippen LogP contribution in [0.15, 0.2) is 64.4 Å². The number of pyridine rings is 1. The molecule has 0 radical (unpaired) electrons. The number of anilines is 1. The molecule has 2 aromatic rings. The van der Waals surface area contributed by atoms with Crippen LogP contribution in [0.5, 0.6) is 5.75 Å². The molecule has 18 heteroatoms. The van der Waals surface area contributed by atoms with E-state index in [9.17, 15) is 32.7 Å². The Morgan fingerprint density at radius 2 is 2.06 bits per heavy atom. The minimum Gasteiger partial charge on any atom is -0.505 e. The van der Waals surface area contributed by atoms with Crippen molar-refractivity contribution in [3.63, 3.8) is 0 Å². The molecule has 13 nitrogen and oxygen atoms in total. The van der Waals surface area contributed by atoms with Crippen LogP contribution in [-0.4, -0.2) is 105 Å². The molecule has 4 atom stereocenters. The van der Waals surface area contributed by atoms with Crippen molar-refractivity contribution in [1.29, 1.82) is 0 Å². The van der Waals surface area contributed by atoms with Gasteiger partial charge in [-0.3, -0.25) is 14.4 Å². The lowest BCUT2D eigenvalue weighted by Crippen LogP contribution is -2.62. The summed E-state index contributed by atoms with van der Waals surface area (Å²) >= 11 is 6.09. The maximum Gasteiger partial charge on any atom is 0.416 e. The lowest BCUT2D eigenvalue weighted by Gasteiger charge is -2.44. The SMILES string of the molecule is CC1OC2(CCN(C(=O)c3ncccc3O)CC2F)C2=C1N(CC(=O)Nc1ccc(C(F)(F)F)cc1Cl)C1=NC(C3=CCOCC3)NN1C2=O. The first-order chi connectivity index (χ1) is 23.8. The number of piperidine rings is 1. The smallest absolute Gasteiger partial charge is 0.416 e. The maximum absolute atomic E-state index is 16.6. The van der Waals surface area contributed by atoms with Crippen molar-refractivity contribution < 1.29 is 46.5 Å². The van der Waals surface area contributed by atoms with Crippen molar-refractivity contribution in [2.75, 3.05) is 38.2 Å². The van der Waals surface area contributed by atoms with E-state index in [1.807, 2.05) is 6.08 Å². The van der Waals surface area contributed by atoms with E-state index in [4.69, 9.17) is 26.1 Å². The van der Waals surface area contributed by atoms with Gasteiger partial charge in [0.15, 0.2) is 11.9 Å². The number of alkyl halides is 4. The molecular weight excluding hydrogens is 690 g/mol. The highest BCUT2D eigenvalue weighted by molar-refractivity contribution is 6.33. The van der Waals surface area contributed by atoms with Crippen molar-refractivity contribution in [3.05, 3.63) is 75.7 Å². The van der Waals surface area contributed by atoms with Crippen LogP contribution >= 0.6 is 11.6 Å². The molecule has 1 saturated heterocycles. The number of hydrazine groups is 1. The van der Waals surface area contributed by atoms with E-state index in [2.05, 4.69) is 15.7 Å². The molecule has 5 aliphatic heterocycles. The number of carbonyl (C=O) groups excluding carboxylic acids is 3. The van der Waals surface area contributed by atoms with E-state index < -0.39 is 66.6 Å². The number of rotatable bonds is 5. The summed E-state index contributed by atoms with van der Waals surface area (Å²) in [7, 11) is 0. The van der Waals surface area contributed by atoms with Gasteiger partial charge in [0.1, 0.15) is 24.1 Å². The van der Waals surface area contributed by atoms with E-state index in [0.717, 1.165) is 22.7 Å². The minimum absolute atomic E-state index is 0.0426. The van der Waals surface area contributed by atoms with Crippen LogP contribution in [0.25, 0.3) is 0 Å². The van der Waals surface area contributed by atoms with Gasteiger partial charge in [-0.15, -0.1) is 0 Å². The Morgan fingerprint density at radius 1 is 1.26 bits per heavy atom. The van der Waals surface area contributed by atoms with Crippen LogP contribution in [0.4, 0.5) is 23.2 Å². The number of carbonyl (C=O) groups is 3. The van der Waals surface area contributed by atoms with Gasteiger partial charge in [0, 0.05) is 19.2 Å². The van der Waals surface area contributed by atoms with Gasteiger partial charge in [0.25, 0.3) is 11.8 Å². The third-order valence-corrected chi connectivity index (χ3v) is 9.55. The molecule has 7 rings (SSSR count). The Hall–Kier alpha value is -4.58. The Balaban J connectivity index is 1.21. The summed E-state index contributed by atoms with van der Waals surface area (Å²) in [5, 5.41) is 13.5. The molecule has 1 spiro atoms. The lowest BCUT2D eigenvalue weighted by molar-refractivity contribution is -0.137. The topological polar surface area (TPSA) is 149 Å². The molecule has 1 aromatic heterocycles. The quantitative estimate of drug-likeness (QED) is 0.313. The zero-order chi connectivity index (χ0) is 35.5. The number of likely N-dealkylation sites (tertiary alicyclic amines) is 1. The predicted molar refractivity (Wildman–Crippen MR) is 168 cm³/mol. The third kappa shape index (κ3) is 5.76. The van der Waals surface area contributed by atoms with Gasteiger partial charge >= 0.3 is 6.18 Å². The number of hydrogen-bond acceptors (Lipinski definition) is 10. The van der Waals surface area contributed by atoms with Crippen LogP contribution in [0.3, 0.4) is 0 Å². The molecule has 5 aliphatic rings. The van der Waals surface area contributed by atoms with Crippen LogP contribution in [0, 0.1) is 0 Å². The number of nitrogens with one attached hydrogen (secondary N) is 2. The van der Waals surface area contributed by atoms with Crippen molar-refractivity contribution in [1.82, 2.24) is 25.2 Å². The number of hydrogen-bond donors (Lipinski definition) is 3. The second-order valence-electron chi connectivity index (χ2n) is 12.3. The lowest BCUT2D eigenvalue weighted by atomic mass is 9.81. The average Bonchev–Trinajstić information content (AvgIpc) is 3.66. The summed E-state index contributed by atoms with van der Waals surface area (Å²) in [6, 6.07) is 5.25. The number of amides is 3. The number of fused-ring (bicyclic) bond motifs is 2. The van der Waals surface area contributed by atoms with E-state index in [0.29, 0.717) is 25.7 Å². The fourth-order valence-electron chi connectivity index (χ4n) is 6.87. The Kier molecular flexibility index (Phi) is 8.56. The highest BCUT2D eigenvalue weighted by atomic mass is 35.5. The first kappa shape index (κ1) is 33.9. The molecule has 3 N–H and O–H groups in total. The van der Waals surface area contributed by atoms with Crippen LogP contribution in [0.2, 0.25) is 5.02 Å². The first-order valence-electron chi connectivity index (χ1n) is 15.7. The average molecular weight is 720 g/mol. The summed E-state index contributed by atoms with van der Waals surface area (Å²) in [6.45, 7) is 1.33. The molecule has 6 heterocycles. The fourth-order valence-corrected chi connectivity index (χ4v) is 7.10. The number of aliphatic imine (C=N–C) groups is 1. The van der Waals surface area contributed by atoms with Crippen molar-refractivity contribution in [2.45, 2.75) is 50.0 Å². The minimum atomic E-state index is -4.64. The number of guanidine groups is 1. The molecule has 0 saturated carbocycles. The zero-order valence-corrected chi connectivity index (χ0v) is 27.1. The number of aromatic hydroxyl groups is 1. The molecule has 1 aromatic carbocycles. The standard InChI is InChI=1S/C32H30ClF4N7O6/c1-16-26-24(31(50-16)8-10-42(14-22(31)34)29(48)25-21(45)3-2-9-38-25)28(47)44-30(40-27(41-44)17-6-11-49-12-7-17)43(26)15-23(46)39-20-5-4-18(13-19(20)33)32(35,36)37/h2-6,9,13,16,22,27,41,45H,7-8,10-12,14-15H2,1H3,(H,39,46). The second kappa shape index (κ2) is 12.6. The summed E-state index contributed by atoms with van der Waals surface area (Å²) in [5.41, 5.74) is 0.889. The molecule has 4 unspecified atom stereocenters. The van der Waals surface area contributed by atoms with Gasteiger partial charge in [0.2, 0.25) is 11.9 Å². The van der Waals surface area contributed by atoms with E-state index in [1.165, 1.54) is 28.1 Å². The van der Waals surface area contributed by atoms with E-state index >= 15 is 4.39 Å². The van der Waals surface area contributed by atoms with Crippen LogP contribution in [0.1, 0.15) is 35.8 Å². The highest BCUT2D eigenvalue weighted by Crippen LogP contribution is 2.49. The van der Waals surface area contributed by atoms with Gasteiger partial charge in [-0.25, -0.2) is 19.4 Å². The molecule has 3 amide bonds. The Morgan fingerprint density at radius 3 is 2.74 bits per heavy atom. The van der Waals surface area contributed by atoms with Gasteiger partial charge in [-0.2, -0.15) is 18.6 Å². The Bertz CT molecular complexity index is 1870. The van der Waals surface area contributed by atoms with Crippen molar-refractivity contribution in [3.8, 4) is 5.75 Å². The summed E-state index contributed by atoms with van der Waals surface area (Å²) < 4.78 is 67.8. The maximum atomic E-state index is 16.6. The molecule has 50 heavy (non-hydrogen) atoms. The van der Waals surface area contributed by atoms with Gasteiger partial charge in [0.05, 0.1) is 53.4 Å². The molecule has 1 fully saturated rings. The summed E-state index contributed by atoms with van der Waals surface area (Å²) in [6.07, 6.45) is -4.66. The summed E-state index contributed by atoms with van der Waals surface area (Å²) in [4.78, 5) is 52.3. The largest absolute Gasteiger partial charge is 0.505 e. The second-order valence-corrected chi connectivity index (χ2v) is 12.7. The van der Waals surface area contributed by atoms with Gasteiger partial charge < -0.3 is 29.7 Å². The predicted octanol–water partition coefficient (Wildman–Crippen LogP) is 3.38. The number of halogens is 5. The molecule has 0 aliphatic carbocycles. The Labute approximate surface area is 287 Å². The molecular formula is C32H30ClF4N7O6. The number of nitrogens with zero attached hydrogens (tertiary/aromatic N) is 5. The molecule has 264 valence electrons.